The van der Waals surface area contributed by atoms with Crippen LogP contribution in [0.4, 0.5) is 4.79 Å². The molecule has 1 atom stereocenters. The predicted molar refractivity (Wildman–Crippen MR) is 128 cm³/mol. The number of benzene rings is 3. The van der Waals surface area contributed by atoms with Gasteiger partial charge in [0.1, 0.15) is 11.5 Å². The highest BCUT2D eigenvalue weighted by molar-refractivity contribution is 7.90. The summed E-state index contributed by atoms with van der Waals surface area (Å²) in [6.45, 7) is 1.75. The maximum absolute atomic E-state index is 13.6. The van der Waals surface area contributed by atoms with Crippen molar-refractivity contribution in [2.45, 2.75) is 29.4 Å². The number of nitrogens with two attached hydrogens (primary N) is 1. The van der Waals surface area contributed by atoms with Gasteiger partial charge in [0, 0.05) is 18.4 Å². The molecule has 35 heavy (non-hydrogen) atoms. The molecule has 0 aliphatic carbocycles. The number of primary amides is 1. The highest BCUT2D eigenvalue weighted by Crippen LogP contribution is 2.36. The molecule has 4 rings (SSSR count). The summed E-state index contributed by atoms with van der Waals surface area (Å²) in [5.74, 6) is 0.775. The van der Waals surface area contributed by atoms with E-state index in [0.29, 0.717) is 29.0 Å². The maximum Gasteiger partial charge on any atom is 0.406 e. The Morgan fingerprint density at radius 1 is 0.971 bits per heavy atom. The second-order valence-electron chi connectivity index (χ2n) is 8.13. The normalized spacial score (nSPS) is 16.3. The van der Waals surface area contributed by atoms with Crippen molar-refractivity contribution < 1.29 is 31.1 Å². The lowest BCUT2D eigenvalue weighted by atomic mass is 10.00. The summed E-state index contributed by atoms with van der Waals surface area (Å²) in [5.41, 5.74) is 7.12. The highest BCUT2D eigenvalue weighted by Gasteiger charge is 2.39. The largest absolute Gasteiger partial charge is 0.457 e. The molecule has 1 aliphatic heterocycles. The number of ether oxygens (including phenoxy) is 2. The van der Waals surface area contributed by atoms with E-state index >= 15 is 0 Å². The van der Waals surface area contributed by atoms with Gasteiger partial charge < -0.3 is 15.2 Å². The molecule has 0 saturated heterocycles. The van der Waals surface area contributed by atoms with Gasteiger partial charge in [0.2, 0.25) is 10.0 Å². The van der Waals surface area contributed by atoms with Crippen LogP contribution in [-0.2, 0) is 31.0 Å². The van der Waals surface area contributed by atoms with Gasteiger partial charge in [0.15, 0.2) is 16.1 Å². The average molecular weight is 517 g/mol. The monoisotopic (exact) mass is 516 g/mol. The molecule has 0 radical (unpaired) electrons. The standard InChI is InChI=1S/C24H24N2O7S2/c1-16-15-19(32-18-7-10-20(11-8-18)34(2,28)29)9-12-22(16)35(30,31)26-14-13-17-5-3-4-6-21(17)23(26)33-24(25)27/h3-12,15,23H,13-14H2,1-2H3,(H2,25,27)/t23-/m1/s1. The zero-order chi connectivity index (χ0) is 25.4. The third-order valence-electron chi connectivity index (χ3n) is 5.63. The fraction of sp³-hybridized carbons (Fsp3) is 0.208. The van der Waals surface area contributed by atoms with Crippen molar-refractivity contribution in [2.24, 2.45) is 5.73 Å². The molecule has 0 aromatic heterocycles. The van der Waals surface area contributed by atoms with Crippen LogP contribution in [0.1, 0.15) is 22.9 Å². The molecule has 3 aromatic rings. The molecule has 1 amide bonds. The van der Waals surface area contributed by atoms with Gasteiger partial charge in [0.05, 0.1) is 9.79 Å². The number of fused-ring (bicyclic) bond motifs is 1. The molecule has 184 valence electrons. The highest BCUT2D eigenvalue weighted by atomic mass is 32.2. The molecule has 0 saturated carbocycles. The lowest BCUT2D eigenvalue weighted by Crippen LogP contribution is -2.42. The SMILES string of the molecule is Cc1cc(Oc2ccc(S(C)(=O)=O)cc2)ccc1S(=O)(=O)N1CCc2ccccc2[C@H]1OC(N)=O. The Morgan fingerprint density at radius 3 is 2.26 bits per heavy atom. The molecular formula is C24H24N2O7S2. The van der Waals surface area contributed by atoms with E-state index in [2.05, 4.69) is 0 Å². The zero-order valence-corrected chi connectivity index (χ0v) is 20.7. The number of carbonyl (C=O) groups excluding carboxylic acids is 1. The molecule has 9 nitrogen and oxygen atoms in total. The summed E-state index contributed by atoms with van der Waals surface area (Å²) in [7, 11) is -7.39. The van der Waals surface area contributed by atoms with E-state index in [-0.39, 0.29) is 16.3 Å². The fourth-order valence-electron chi connectivity index (χ4n) is 3.98. The number of nitrogens with zero attached hydrogens (tertiary/aromatic N) is 1. The third-order valence-corrected chi connectivity index (χ3v) is 8.77. The molecule has 3 aromatic carbocycles. The van der Waals surface area contributed by atoms with Gasteiger partial charge in [-0.1, -0.05) is 24.3 Å². The van der Waals surface area contributed by atoms with Crippen LogP contribution < -0.4 is 10.5 Å². The number of hydrogen-bond acceptors (Lipinski definition) is 7. The van der Waals surface area contributed by atoms with Gasteiger partial charge in [-0.15, -0.1) is 0 Å². The van der Waals surface area contributed by atoms with Crippen LogP contribution in [0.5, 0.6) is 11.5 Å². The first kappa shape index (κ1) is 24.7. The van der Waals surface area contributed by atoms with Crippen LogP contribution >= 0.6 is 0 Å². The molecule has 1 heterocycles. The van der Waals surface area contributed by atoms with Crippen molar-refractivity contribution in [1.29, 1.82) is 0 Å². The minimum atomic E-state index is -4.06. The van der Waals surface area contributed by atoms with Gasteiger partial charge in [-0.25, -0.2) is 21.6 Å². The number of rotatable bonds is 6. The molecule has 11 heteroatoms. The van der Waals surface area contributed by atoms with Crippen molar-refractivity contribution >= 4 is 26.0 Å². The van der Waals surface area contributed by atoms with E-state index in [1.54, 1.807) is 25.1 Å². The number of hydrogen-bond donors (Lipinski definition) is 1. The summed E-state index contributed by atoms with van der Waals surface area (Å²) >= 11 is 0. The summed E-state index contributed by atoms with van der Waals surface area (Å²) in [6, 6.07) is 17.6. The minimum Gasteiger partial charge on any atom is -0.457 e. The summed E-state index contributed by atoms with van der Waals surface area (Å²) in [6.07, 6.45) is -0.677. The van der Waals surface area contributed by atoms with E-state index < -0.39 is 32.2 Å². The van der Waals surface area contributed by atoms with E-state index in [9.17, 15) is 21.6 Å². The van der Waals surface area contributed by atoms with Gasteiger partial charge in [-0.2, -0.15) is 4.31 Å². The fourth-order valence-corrected chi connectivity index (χ4v) is 6.31. The Labute approximate surface area is 204 Å². The van der Waals surface area contributed by atoms with E-state index in [1.165, 1.54) is 36.4 Å². The second kappa shape index (κ2) is 9.33. The van der Waals surface area contributed by atoms with Crippen LogP contribution in [0.15, 0.2) is 76.5 Å². The number of sulfonamides is 1. The lowest BCUT2D eigenvalue weighted by Gasteiger charge is -2.35. The third kappa shape index (κ3) is 5.16. The quantitative estimate of drug-likeness (QED) is 0.530. The van der Waals surface area contributed by atoms with E-state index in [1.807, 2.05) is 12.1 Å². The second-order valence-corrected chi connectivity index (χ2v) is 12.0. The topological polar surface area (TPSA) is 133 Å². The first-order valence-electron chi connectivity index (χ1n) is 10.6. The van der Waals surface area contributed by atoms with Crippen molar-refractivity contribution in [2.75, 3.05) is 12.8 Å². The van der Waals surface area contributed by atoms with Crippen LogP contribution in [-0.4, -0.2) is 40.0 Å². The number of amides is 1. The molecule has 0 bridgehead atoms. The first-order chi connectivity index (χ1) is 16.5. The van der Waals surface area contributed by atoms with Crippen molar-refractivity contribution in [3.8, 4) is 11.5 Å². The Hall–Kier alpha value is -3.41. The predicted octanol–water partition coefficient (Wildman–Crippen LogP) is 3.53. The van der Waals surface area contributed by atoms with Crippen LogP contribution in [0, 0.1) is 6.92 Å². The number of sulfone groups is 1. The van der Waals surface area contributed by atoms with Gasteiger partial charge >= 0.3 is 6.09 Å². The Morgan fingerprint density at radius 2 is 1.63 bits per heavy atom. The van der Waals surface area contributed by atoms with Crippen molar-refractivity contribution in [1.82, 2.24) is 4.31 Å². The minimum absolute atomic E-state index is 0.0368. The summed E-state index contributed by atoms with van der Waals surface area (Å²) in [5, 5.41) is 0. The zero-order valence-electron chi connectivity index (χ0n) is 19.0. The lowest BCUT2D eigenvalue weighted by molar-refractivity contribution is 0.0294. The summed E-state index contributed by atoms with van der Waals surface area (Å²) < 4.78 is 62.6. The average Bonchev–Trinajstić information content (AvgIpc) is 2.78. The molecule has 0 unspecified atom stereocenters. The Kier molecular flexibility index (Phi) is 6.58. The van der Waals surface area contributed by atoms with Crippen LogP contribution in [0.3, 0.4) is 0 Å². The summed E-state index contributed by atoms with van der Waals surface area (Å²) in [4.78, 5) is 11.8. The van der Waals surface area contributed by atoms with Crippen molar-refractivity contribution in [3.05, 3.63) is 83.4 Å². The smallest absolute Gasteiger partial charge is 0.406 e. The molecular weight excluding hydrogens is 492 g/mol. The molecule has 2 N–H and O–H groups in total. The Balaban J connectivity index is 1.62. The number of carbonyl (C=O) groups is 1. The van der Waals surface area contributed by atoms with Crippen LogP contribution in [0.25, 0.3) is 0 Å². The van der Waals surface area contributed by atoms with Crippen LogP contribution in [0.2, 0.25) is 0 Å². The molecule has 0 fully saturated rings. The maximum atomic E-state index is 13.6. The van der Waals surface area contributed by atoms with E-state index in [0.717, 1.165) is 16.1 Å². The van der Waals surface area contributed by atoms with Gasteiger partial charge in [-0.3, -0.25) is 0 Å². The van der Waals surface area contributed by atoms with Gasteiger partial charge in [-0.05, 0) is 66.9 Å². The molecule has 1 aliphatic rings. The Bertz CT molecular complexity index is 1480. The van der Waals surface area contributed by atoms with E-state index in [4.69, 9.17) is 15.2 Å². The molecule has 0 spiro atoms. The number of aryl methyl sites for hydroxylation is 1. The van der Waals surface area contributed by atoms with Gasteiger partial charge in [0.25, 0.3) is 0 Å². The first-order valence-corrected chi connectivity index (χ1v) is 13.9. The van der Waals surface area contributed by atoms with Crippen molar-refractivity contribution in [3.63, 3.8) is 0 Å².